The number of rotatable bonds is 9. The van der Waals surface area contributed by atoms with E-state index in [1.807, 2.05) is 49.4 Å². The first-order valence-electron chi connectivity index (χ1n) is 12.2. The van der Waals surface area contributed by atoms with Crippen LogP contribution in [0.25, 0.3) is 17.0 Å². The fourth-order valence-corrected chi connectivity index (χ4v) is 4.45. The van der Waals surface area contributed by atoms with Crippen LogP contribution in [0.5, 0.6) is 0 Å². The number of hydrogen-bond donors (Lipinski definition) is 1. The molecule has 1 aromatic heterocycles. The summed E-state index contributed by atoms with van der Waals surface area (Å²) in [5.41, 5.74) is 3.39. The molecule has 0 atom stereocenters. The molecule has 0 aliphatic carbocycles. The summed E-state index contributed by atoms with van der Waals surface area (Å²) < 4.78 is 15.3. The molecule has 7 heteroatoms. The van der Waals surface area contributed by atoms with Crippen molar-refractivity contribution in [3.05, 3.63) is 60.2 Å². The monoisotopic (exact) mass is 462 g/mol. The van der Waals surface area contributed by atoms with Gasteiger partial charge in [0.25, 0.3) is 0 Å². The van der Waals surface area contributed by atoms with Crippen molar-refractivity contribution in [2.75, 3.05) is 62.6 Å². The fourth-order valence-electron chi connectivity index (χ4n) is 4.45. The highest BCUT2D eigenvalue weighted by Crippen LogP contribution is 2.30. The van der Waals surface area contributed by atoms with Crippen LogP contribution >= 0.6 is 0 Å². The third kappa shape index (κ3) is 5.72. The van der Waals surface area contributed by atoms with Crippen molar-refractivity contribution in [1.29, 1.82) is 0 Å². The van der Waals surface area contributed by atoms with Gasteiger partial charge in [-0.3, -0.25) is 4.90 Å². The number of halogens is 1. The lowest BCUT2D eigenvalue weighted by Crippen LogP contribution is -2.48. The normalized spacial score (nSPS) is 15.0. The van der Waals surface area contributed by atoms with Crippen LogP contribution in [0, 0.1) is 5.82 Å². The van der Waals surface area contributed by atoms with E-state index in [1.54, 1.807) is 6.07 Å². The molecule has 1 N–H and O–H groups in total. The van der Waals surface area contributed by atoms with Gasteiger partial charge in [-0.1, -0.05) is 38.1 Å². The first-order valence-corrected chi connectivity index (χ1v) is 12.2. The first kappa shape index (κ1) is 24.1. The number of fused-ring (bicyclic) bond motifs is 1. The number of allylic oxidation sites excluding steroid dienone is 1. The van der Waals surface area contributed by atoms with Crippen LogP contribution in [0.4, 0.5) is 21.6 Å². The highest BCUT2D eigenvalue weighted by atomic mass is 19.1. The van der Waals surface area contributed by atoms with Crippen molar-refractivity contribution < 1.29 is 4.39 Å². The fraction of sp³-hybridized carbons (Fsp3) is 0.407. The average molecular weight is 463 g/mol. The van der Waals surface area contributed by atoms with Crippen LogP contribution in [0.3, 0.4) is 0 Å². The summed E-state index contributed by atoms with van der Waals surface area (Å²) in [6.45, 7) is 14.2. The number of aromatic nitrogens is 2. The van der Waals surface area contributed by atoms with E-state index in [4.69, 9.17) is 0 Å². The molecule has 1 saturated heterocycles. The van der Waals surface area contributed by atoms with Crippen molar-refractivity contribution in [2.45, 2.75) is 20.8 Å². The van der Waals surface area contributed by atoms with Crippen LogP contribution in [-0.2, 0) is 0 Å². The van der Waals surface area contributed by atoms with Crippen molar-refractivity contribution in [3.8, 4) is 0 Å². The van der Waals surface area contributed by atoms with Gasteiger partial charge in [-0.25, -0.2) is 14.4 Å². The minimum atomic E-state index is -0.231. The van der Waals surface area contributed by atoms with Crippen molar-refractivity contribution >= 4 is 34.2 Å². The molecule has 0 bridgehead atoms. The van der Waals surface area contributed by atoms with Crippen molar-refractivity contribution in [1.82, 2.24) is 19.8 Å². The van der Waals surface area contributed by atoms with E-state index in [0.717, 1.165) is 69.1 Å². The van der Waals surface area contributed by atoms with Gasteiger partial charge in [0.15, 0.2) is 0 Å². The zero-order chi connectivity index (χ0) is 23.9. The smallest absolute Gasteiger partial charge is 0.147 e. The van der Waals surface area contributed by atoms with Gasteiger partial charge in [0, 0.05) is 50.3 Å². The molecule has 6 nitrogen and oxygen atoms in total. The minimum Gasteiger partial charge on any atom is -0.367 e. The number of hydrogen-bond acceptors (Lipinski definition) is 6. The predicted molar refractivity (Wildman–Crippen MR) is 140 cm³/mol. The molecule has 1 fully saturated rings. The van der Waals surface area contributed by atoms with Gasteiger partial charge in [0.2, 0.25) is 0 Å². The predicted octanol–water partition coefficient (Wildman–Crippen LogP) is 5.01. The van der Waals surface area contributed by atoms with Gasteiger partial charge in [-0.2, -0.15) is 0 Å². The second kappa shape index (κ2) is 11.4. The molecule has 3 aromatic rings. The Labute approximate surface area is 202 Å². The summed E-state index contributed by atoms with van der Waals surface area (Å²) in [6, 6.07) is 11.5. The zero-order valence-electron chi connectivity index (χ0n) is 20.5. The summed E-state index contributed by atoms with van der Waals surface area (Å²) >= 11 is 0. The lowest BCUT2D eigenvalue weighted by Gasteiger charge is -2.37. The van der Waals surface area contributed by atoms with Crippen LogP contribution < -0.4 is 10.2 Å². The van der Waals surface area contributed by atoms with Crippen LogP contribution in [0.15, 0.2) is 48.8 Å². The Bertz CT molecular complexity index is 1100. The molecule has 0 amide bonds. The molecule has 2 heterocycles. The van der Waals surface area contributed by atoms with Crippen molar-refractivity contribution in [2.24, 2.45) is 0 Å². The molecular weight excluding hydrogens is 427 g/mol. The molecule has 0 radical (unpaired) electrons. The maximum absolute atomic E-state index is 15.3. The van der Waals surface area contributed by atoms with Gasteiger partial charge in [0.1, 0.15) is 18.0 Å². The second-order valence-corrected chi connectivity index (χ2v) is 8.65. The van der Waals surface area contributed by atoms with Crippen molar-refractivity contribution in [3.63, 3.8) is 0 Å². The number of nitrogens with zero attached hydrogens (tertiary/aromatic N) is 5. The van der Waals surface area contributed by atoms with Crippen LogP contribution in [0.1, 0.15) is 26.3 Å². The Kier molecular flexibility index (Phi) is 8.08. The van der Waals surface area contributed by atoms with E-state index in [2.05, 4.69) is 43.8 Å². The maximum atomic E-state index is 15.3. The quantitative estimate of drug-likeness (QED) is 0.482. The molecular formula is C27H35FN6. The Morgan fingerprint density at radius 3 is 2.44 bits per heavy atom. The summed E-state index contributed by atoms with van der Waals surface area (Å²) in [5.74, 6) is 0.376. The third-order valence-electron chi connectivity index (χ3n) is 6.58. The Morgan fingerprint density at radius 2 is 1.76 bits per heavy atom. The summed E-state index contributed by atoms with van der Waals surface area (Å²) in [5, 5.41) is 3.99. The molecule has 0 unspecified atom stereocenters. The highest BCUT2D eigenvalue weighted by Gasteiger charge is 2.21. The Balaban J connectivity index is 1.46. The molecule has 2 aromatic carbocycles. The zero-order valence-corrected chi connectivity index (χ0v) is 20.5. The van der Waals surface area contributed by atoms with E-state index in [-0.39, 0.29) is 5.82 Å². The number of likely N-dealkylation sites (N-methyl/N-ethyl adjacent to an activating group) is 1. The first-order chi connectivity index (χ1) is 16.6. The number of nitrogens with one attached hydrogen (secondary N) is 1. The molecule has 34 heavy (non-hydrogen) atoms. The van der Waals surface area contributed by atoms with Gasteiger partial charge in [-0.15, -0.1) is 0 Å². The second-order valence-electron chi connectivity index (χ2n) is 8.65. The summed E-state index contributed by atoms with van der Waals surface area (Å²) in [7, 11) is 0. The summed E-state index contributed by atoms with van der Waals surface area (Å²) in [4.78, 5) is 15.9. The van der Waals surface area contributed by atoms with Gasteiger partial charge >= 0.3 is 0 Å². The molecule has 0 saturated carbocycles. The molecule has 180 valence electrons. The SMILES string of the molecule is C/C=C/c1ccc(Nc2ncnc3cc(N4CCN(CCN(CC)CC)CC4)c(F)cc23)cc1. The number of piperazine rings is 1. The third-order valence-corrected chi connectivity index (χ3v) is 6.58. The van der Waals surface area contributed by atoms with E-state index in [0.29, 0.717) is 16.9 Å². The van der Waals surface area contributed by atoms with Gasteiger partial charge < -0.3 is 15.1 Å². The largest absolute Gasteiger partial charge is 0.367 e. The molecule has 4 rings (SSSR count). The average Bonchev–Trinajstić information content (AvgIpc) is 2.86. The van der Waals surface area contributed by atoms with E-state index in [9.17, 15) is 0 Å². The minimum absolute atomic E-state index is 0.231. The van der Waals surface area contributed by atoms with Gasteiger partial charge in [0.05, 0.1) is 11.2 Å². The van der Waals surface area contributed by atoms with E-state index >= 15 is 4.39 Å². The van der Waals surface area contributed by atoms with Gasteiger partial charge in [-0.05, 0) is 49.8 Å². The highest BCUT2D eigenvalue weighted by molar-refractivity contribution is 5.92. The summed E-state index contributed by atoms with van der Waals surface area (Å²) in [6.07, 6.45) is 5.59. The van der Waals surface area contributed by atoms with E-state index < -0.39 is 0 Å². The lowest BCUT2D eigenvalue weighted by atomic mass is 10.1. The molecule has 1 aliphatic rings. The maximum Gasteiger partial charge on any atom is 0.147 e. The Morgan fingerprint density at radius 1 is 1.03 bits per heavy atom. The number of benzene rings is 2. The molecule has 0 spiro atoms. The topological polar surface area (TPSA) is 47.5 Å². The Hall–Kier alpha value is -3.03. The van der Waals surface area contributed by atoms with Crippen LogP contribution in [-0.4, -0.2) is 72.1 Å². The number of anilines is 3. The lowest BCUT2D eigenvalue weighted by molar-refractivity contribution is 0.205. The molecule has 1 aliphatic heterocycles. The van der Waals surface area contributed by atoms with Crippen LogP contribution in [0.2, 0.25) is 0 Å². The standard InChI is InChI=1S/C27H35FN6/c1-4-7-21-8-10-22(11-9-21)31-27-23-18-24(28)26(19-25(23)29-20-30-27)34-16-14-33(15-17-34)13-12-32(5-2)6-3/h4,7-11,18-20H,5-6,12-17H2,1-3H3,(H,29,30,31)/b7-4+. The van der Waals surface area contributed by atoms with E-state index in [1.165, 1.54) is 6.33 Å².